The minimum absolute atomic E-state index is 0.0676. The highest BCUT2D eigenvalue weighted by atomic mass is 28.4. The lowest BCUT2D eigenvalue weighted by Gasteiger charge is -2.24. The molecule has 242 valence electrons. The molecule has 2 fully saturated rings. The molecule has 2 rings (SSSR count). The molecule has 40 heavy (non-hydrogen) atoms. The first-order chi connectivity index (χ1) is 19.1. The van der Waals surface area contributed by atoms with Crippen LogP contribution in [0.5, 0.6) is 0 Å². The molecule has 2 aliphatic heterocycles. The molecule has 0 aromatic rings. The van der Waals surface area contributed by atoms with Gasteiger partial charge in [-0.15, -0.1) is 0 Å². The van der Waals surface area contributed by atoms with Gasteiger partial charge in [-0.25, -0.2) is 0 Å². The Bertz CT molecular complexity index is 536. The topological polar surface area (TPSA) is 134 Å². The highest BCUT2D eigenvalue weighted by Crippen LogP contribution is 2.18. The predicted molar refractivity (Wildman–Crippen MR) is 161 cm³/mol. The number of ether oxygens (including phenoxy) is 4. The molecule has 15 heteroatoms. The Morgan fingerprint density at radius 2 is 0.925 bits per heavy atom. The molecule has 0 bridgehead atoms. The number of hydrogen-bond acceptors (Lipinski definition) is 12. The summed E-state index contributed by atoms with van der Waals surface area (Å²) in [5.41, 5.74) is 5.41. The fourth-order valence-corrected chi connectivity index (χ4v) is 7.98. The summed E-state index contributed by atoms with van der Waals surface area (Å²) >= 11 is 0. The molecule has 0 amide bonds. The van der Waals surface area contributed by atoms with E-state index in [4.69, 9.17) is 55.7 Å². The van der Waals surface area contributed by atoms with E-state index in [0.717, 1.165) is 76.8 Å². The predicted octanol–water partition coefficient (Wildman–Crippen LogP) is 3.61. The van der Waals surface area contributed by atoms with Crippen molar-refractivity contribution in [1.29, 1.82) is 0 Å². The van der Waals surface area contributed by atoms with Crippen molar-refractivity contribution < 1.29 is 49.9 Å². The van der Waals surface area contributed by atoms with Crippen LogP contribution in [0.4, 0.5) is 0 Å². The first kappa shape index (κ1) is 40.2. The van der Waals surface area contributed by atoms with Crippen LogP contribution in [0.15, 0.2) is 0 Å². The molecule has 2 unspecified atom stereocenters. The average Bonchev–Trinajstić information content (AvgIpc) is 3.93. The quantitative estimate of drug-likeness (QED) is 0.100. The van der Waals surface area contributed by atoms with Crippen molar-refractivity contribution in [2.45, 2.75) is 82.3 Å². The van der Waals surface area contributed by atoms with Gasteiger partial charge in [0.1, 0.15) is 13.2 Å². The largest absolute Gasteiger partial charge is 0.500 e. The van der Waals surface area contributed by atoms with Crippen molar-refractivity contribution >= 4 is 25.9 Å². The summed E-state index contributed by atoms with van der Waals surface area (Å²) in [6.07, 6.45) is 6.62. The van der Waals surface area contributed by atoms with Crippen LogP contribution < -0.4 is 5.73 Å². The van der Waals surface area contributed by atoms with E-state index in [-0.39, 0.29) is 12.6 Å². The van der Waals surface area contributed by atoms with Crippen LogP contribution in [0.25, 0.3) is 0 Å². The molecule has 0 spiro atoms. The van der Waals surface area contributed by atoms with Gasteiger partial charge < -0.3 is 55.7 Å². The third-order valence-electron chi connectivity index (χ3n) is 6.86. The van der Waals surface area contributed by atoms with Crippen LogP contribution in [-0.4, -0.2) is 121 Å². The summed E-state index contributed by atoms with van der Waals surface area (Å²) in [6.45, 7) is 7.87. The minimum atomic E-state index is -2.31. The van der Waals surface area contributed by atoms with Crippen molar-refractivity contribution in [3.05, 3.63) is 0 Å². The molecule has 12 nitrogen and oxygen atoms in total. The maximum absolute atomic E-state index is 5.41. The molecular weight excluding hydrogens is 575 g/mol. The van der Waals surface area contributed by atoms with Crippen LogP contribution in [0.1, 0.15) is 38.5 Å². The van der Waals surface area contributed by atoms with E-state index in [1.165, 1.54) is 12.8 Å². The van der Waals surface area contributed by atoms with Gasteiger partial charge in [-0.1, -0.05) is 12.8 Å². The van der Waals surface area contributed by atoms with E-state index in [1.54, 1.807) is 49.8 Å². The Labute approximate surface area is 246 Å². The van der Waals surface area contributed by atoms with Gasteiger partial charge in [0.25, 0.3) is 0 Å². The normalized spacial score (nSPS) is 18.4. The van der Waals surface area contributed by atoms with E-state index in [2.05, 4.69) is 13.1 Å². The summed E-state index contributed by atoms with van der Waals surface area (Å²) in [5.74, 6) is 0. The molecule has 0 saturated carbocycles. The summed E-state index contributed by atoms with van der Waals surface area (Å²) < 4.78 is 57.8. The second-order valence-electron chi connectivity index (χ2n) is 9.81. The van der Waals surface area contributed by atoms with E-state index >= 15 is 0 Å². The zero-order valence-electron chi connectivity index (χ0n) is 26.6. The van der Waals surface area contributed by atoms with Gasteiger partial charge in [0.05, 0.1) is 0 Å². The Morgan fingerprint density at radius 3 is 1.23 bits per heavy atom. The third kappa shape index (κ3) is 20.1. The van der Waals surface area contributed by atoms with Crippen LogP contribution in [0, 0.1) is 0 Å². The maximum atomic E-state index is 5.41. The van der Waals surface area contributed by atoms with Gasteiger partial charge in [0.15, 0.2) is 12.6 Å². The maximum Gasteiger partial charge on any atom is 0.500 e. The van der Waals surface area contributed by atoms with Crippen LogP contribution in [0.3, 0.4) is 0 Å². The number of hydrogen-bond donors (Lipinski definition) is 1. The van der Waals surface area contributed by atoms with Crippen LogP contribution >= 0.6 is 0 Å². The molecule has 2 N–H and O–H groups in total. The van der Waals surface area contributed by atoms with Gasteiger partial charge in [0.2, 0.25) is 0 Å². The van der Waals surface area contributed by atoms with Gasteiger partial charge in [-0.2, -0.15) is 0 Å². The van der Waals surface area contributed by atoms with E-state index in [1.807, 2.05) is 0 Å². The lowest BCUT2D eigenvalue weighted by molar-refractivity contribution is 0.0494. The fraction of sp³-hybridized carbons (Fsp3) is 1.00. The van der Waals surface area contributed by atoms with Crippen molar-refractivity contribution in [2.24, 2.45) is 5.73 Å². The number of epoxide rings is 2. The highest BCUT2D eigenvalue weighted by molar-refractivity contribution is 6.66. The zero-order chi connectivity index (χ0) is 30.3. The minimum Gasteiger partial charge on any atom is -0.398 e. The average molecular weight is 634 g/mol. The second-order valence-corrected chi connectivity index (χ2v) is 20.1. The van der Waals surface area contributed by atoms with E-state index in [0.29, 0.717) is 0 Å². The molecule has 2 aliphatic rings. The molecule has 2 atom stereocenters. The van der Waals surface area contributed by atoms with Crippen molar-refractivity contribution in [3.63, 3.8) is 0 Å². The Morgan fingerprint density at radius 1 is 0.550 bits per heavy atom. The summed E-state index contributed by atoms with van der Waals surface area (Å²) in [6, 6.07) is 2.82. The Kier molecular flexibility index (Phi) is 23.7. The van der Waals surface area contributed by atoms with Crippen molar-refractivity contribution in [3.8, 4) is 0 Å². The summed E-state index contributed by atoms with van der Waals surface area (Å²) in [4.78, 5) is 0. The summed E-state index contributed by atoms with van der Waals surface area (Å²) in [5, 5.41) is 0. The SMILES string of the molecule is CO[Si](C)(CCCOC1CO1)OC.CO[Si](C)(CCCOC1CO1)OC.CO[Si](CCCCCCN)(OC)OC. The molecule has 0 aliphatic carbocycles. The van der Waals surface area contributed by atoms with E-state index < -0.39 is 25.9 Å². The first-order valence-corrected chi connectivity index (χ1v) is 21.1. The molecular formula is C25H59NO11Si3. The van der Waals surface area contributed by atoms with E-state index in [9.17, 15) is 0 Å². The van der Waals surface area contributed by atoms with Crippen LogP contribution in [0.2, 0.25) is 31.2 Å². The van der Waals surface area contributed by atoms with Gasteiger partial charge in [-0.05, 0) is 57.4 Å². The zero-order valence-corrected chi connectivity index (χ0v) is 29.6. The van der Waals surface area contributed by atoms with Crippen LogP contribution in [-0.2, 0) is 49.9 Å². The fourth-order valence-electron chi connectivity index (χ4n) is 3.46. The molecule has 0 radical (unpaired) electrons. The molecule has 2 saturated heterocycles. The molecule has 2 heterocycles. The number of unbranched alkanes of at least 4 members (excludes halogenated alkanes) is 3. The van der Waals surface area contributed by atoms with Crippen molar-refractivity contribution in [2.75, 3.05) is 82.7 Å². The van der Waals surface area contributed by atoms with Gasteiger partial charge in [0, 0.05) is 69.0 Å². The van der Waals surface area contributed by atoms with Gasteiger partial charge >= 0.3 is 25.9 Å². The van der Waals surface area contributed by atoms with Gasteiger partial charge in [-0.3, -0.25) is 0 Å². The number of rotatable bonds is 23. The first-order valence-electron chi connectivity index (χ1n) is 14.2. The Balaban J connectivity index is 0.000000571. The standard InChI is InChI=1S/C9H23NO3Si.2C8H18O4Si/c1-11-14(12-2,13-3)9-7-5-4-6-8-10;2*1-9-13(3,10-2)6-4-5-11-8-7-12-8/h4-10H2,1-3H3;2*8H,4-7H2,1-3H3. The number of nitrogens with two attached hydrogens (primary N) is 1. The highest BCUT2D eigenvalue weighted by Gasteiger charge is 2.36. The lowest BCUT2D eigenvalue weighted by Crippen LogP contribution is -2.42. The molecule has 0 aromatic heterocycles. The summed E-state index contributed by atoms with van der Waals surface area (Å²) in [7, 11) is 5.74. The second kappa shape index (κ2) is 23.6. The Hall–Kier alpha value is 0.171. The monoisotopic (exact) mass is 633 g/mol. The lowest BCUT2D eigenvalue weighted by atomic mass is 10.2. The van der Waals surface area contributed by atoms with Crippen molar-refractivity contribution in [1.82, 2.24) is 0 Å². The third-order valence-corrected chi connectivity index (χ3v) is 15.7. The smallest absolute Gasteiger partial charge is 0.398 e. The molecule has 0 aromatic carbocycles.